The Morgan fingerprint density at radius 2 is 2.03 bits per heavy atom. The van der Waals surface area contributed by atoms with Crippen LogP contribution in [0.25, 0.3) is 16.2 Å². The van der Waals surface area contributed by atoms with Crippen LogP contribution in [-0.2, 0) is 11.8 Å². The van der Waals surface area contributed by atoms with Crippen molar-refractivity contribution in [1.82, 2.24) is 24.3 Å². The number of nitrogens with one attached hydrogen (secondary N) is 1. The van der Waals surface area contributed by atoms with Crippen molar-refractivity contribution < 1.29 is 24.2 Å². The molecule has 1 saturated heterocycles. The fourth-order valence-corrected chi connectivity index (χ4v) is 4.42. The molecule has 5 heterocycles. The molecule has 4 aromatic heterocycles. The minimum atomic E-state index is -1.81. The van der Waals surface area contributed by atoms with Crippen LogP contribution in [0.4, 0.5) is 16.0 Å². The predicted molar refractivity (Wildman–Crippen MR) is 124 cm³/mol. The summed E-state index contributed by atoms with van der Waals surface area (Å²) >= 11 is 1.17. The monoisotopic (exact) mass is 499 g/mol. The number of hydrogen-bond donors (Lipinski definition) is 3. The second kappa shape index (κ2) is 7.95. The van der Waals surface area contributed by atoms with E-state index >= 15 is 4.39 Å². The molecule has 3 N–H and O–H groups in total. The lowest BCUT2D eigenvalue weighted by Crippen LogP contribution is -2.68. The number of rotatable bonds is 5. The number of fused-ring (bicyclic) bond motifs is 1. The summed E-state index contributed by atoms with van der Waals surface area (Å²) in [6, 6.07) is 2.55. The molecule has 14 heteroatoms. The van der Waals surface area contributed by atoms with Gasteiger partial charge in [0, 0.05) is 36.6 Å². The third-order valence-corrected chi connectivity index (χ3v) is 6.52. The average Bonchev–Trinajstić information content (AvgIpc) is 3.41. The zero-order valence-corrected chi connectivity index (χ0v) is 19.2. The van der Waals surface area contributed by atoms with Crippen molar-refractivity contribution in [2.24, 2.45) is 7.05 Å². The molecular weight excluding hydrogens is 481 g/mol. The SMILES string of the molecule is Cc1cc(NC(=O)C2(O)CN(c3nc4c(cc3F)c(=O)c(C(=O)O)cn4-c3nccs3)C2)nn1C. The summed E-state index contributed by atoms with van der Waals surface area (Å²) in [4.78, 5) is 46.6. The molecule has 35 heavy (non-hydrogen) atoms. The summed E-state index contributed by atoms with van der Waals surface area (Å²) in [5, 5.41) is 28.6. The van der Waals surface area contributed by atoms with Gasteiger partial charge in [-0.05, 0) is 13.0 Å². The van der Waals surface area contributed by atoms with E-state index < -0.39 is 34.3 Å². The van der Waals surface area contributed by atoms with E-state index in [-0.39, 0.29) is 35.8 Å². The number of nitrogens with zero attached hydrogens (tertiary/aromatic N) is 6. The predicted octanol–water partition coefficient (Wildman–Crippen LogP) is 0.911. The number of aromatic nitrogens is 5. The molecule has 0 bridgehead atoms. The molecule has 0 aromatic carbocycles. The summed E-state index contributed by atoms with van der Waals surface area (Å²) in [5.74, 6) is -2.98. The summed E-state index contributed by atoms with van der Waals surface area (Å²) < 4.78 is 17.9. The first-order chi connectivity index (χ1) is 16.6. The molecule has 180 valence electrons. The number of aromatic carboxylic acids is 1. The molecule has 0 saturated carbocycles. The standard InChI is InChI=1S/C21H18FN7O5S/c1-10-5-14(26-27(10)2)24-19(33)21(34)8-28(9-21)17-13(22)6-11-15(30)12(18(31)32)7-29(16(11)25-17)20-23-3-4-35-20/h3-7,34H,8-9H2,1-2H3,(H,31,32)(H,24,26,33). The highest BCUT2D eigenvalue weighted by Crippen LogP contribution is 2.31. The number of hydrogen-bond acceptors (Lipinski definition) is 9. The quantitative estimate of drug-likeness (QED) is 0.363. The molecule has 0 spiro atoms. The fraction of sp³-hybridized carbons (Fsp3) is 0.238. The molecule has 12 nitrogen and oxygen atoms in total. The van der Waals surface area contributed by atoms with Crippen molar-refractivity contribution in [3.05, 3.63) is 57.2 Å². The van der Waals surface area contributed by atoms with Gasteiger partial charge in [0.05, 0.1) is 18.5 Å². The highest BCUT2D eigenvalue weighted by atomic mass is 32.1. The van der Waals surface area contributed by atoms with Crippen LogP contribution in [-0.4, -0.2) is 65.1 Å². The van der Waals surface area contributed by atoms with Gasteiger partial charge in [-0.1, -0.05) is 0 Å². The third kappa shape index (κ3) is 3.72. The number of anilines is 2. The number of aryl methyl sites for hydroxylation is 2. The van der Waals surface area contributed by atoms with Crippen molar-refractivity contribution in [2.45, 2.75) is 12.5 Å². The molecule has 4 aromatic rings. The minimum Gasteiger partial charge on any atom is -0.477 e. The van der Waals surface area contributed by atoms with Crippen LogP contribution in [0.2, 0.25) is 0 Å². The first-order valence-electron chi connectivity index (χ1n) is 10.3. The number of halogens is 1. The van der Waals surface area contributed by atoms with Gasteiger partial charge < -0.3 is 20.4 Å². The minimum absolute atomic E-state index is 0.00444. The molecule has 1 amide bonds. The van der Waals surface area contributed by atoms with Gasteiger partial charge in [0.25, 0.3) is 5.91 Å². The van der Waals surface area contributed by atoms with E-state index in [2.05, 4.69) is 20.4 Å². The molecule has 0 atom stereocenters. The van der Waals surface area contributed by atoms with Gasteiger partial charge in [0.1, 0.15) is 5.56 Å². The Labute approximate surface area is 199 Å². The lowest BCUT2D eigenvalue weighted by atomic mass is 9.93. The molecule has 1 fully saturated rings. The van der Waals surface area contributed by atoms with Crippen molar-refractivity contribution in [3.8, 4) is 5.13 Å². The first kappa shape index (κ1) is 22.6. The second-order valence-electron chi connectivity index (χ2n) is 8.16. The van der Waals surface area contributed by atoms with E-state index in [0.717, 1.165) is 18.0 Å². The zero-order valence-electron chi connectivity index (χ0n) is 18.4. The summed E-state index contributed by atoms with van der Waals surface area (Å²) in [7, 11) is 1.71. The van der Waals surface area contributed by atoms with E-state index in [9.17, 15) is 24.6 Å². The second-order valence-corrected chi connectivity index (χ2v) is 9.04. The maximum atomic E-state index is 15.0. The summed E-state index contributed by atoms with van der Waals surface area (Å²) in [6.07, 6.45) is 2.58. The largest absolute Gasteiger partial charge is 0.477 e. The summed E-state index contributed by atoms with van der Waals surface area (Å²) in [5.41, 5.74) is -2.45. The smallest absolute Gasteiger partial charge is 0.341 e. The number of β-amino-alcohol motifs (C(OH)–C–C–N with tert-alkyl or cyclic N) is 1. The third-order valence-electron chi connectivity index (χ3n) is 5.75. The summed E-state index contributed by atoms with van der Waals surface area (Å²) in [6.45, 7) is 1.30. The molecule has 1 aliphatic heterocycles. The topological polar surface area (TPSA) is 155 Å². The highest BCUT2D eigenvalue weighted by molar-refractivity contribution is 7.12. The van der Waals surface area contributed by atoms with Crippen LogP contribution in [0.15, 0.2) is 34.7 Å². The first-order valence-corrected chi connectivity index (χ1v) is 11.1. The van der Waals surface area contributed by atoms with E-state index in [1.807, 2.05) is 0 Å². The number of amides is 1. The van der Waals surface area contributed by atoms with Gasteiger partial charge in [-0.25, -0.2) is 19.2 Å². The molecular formula is C21H18FN7O5S. The van der Waals surface area contributed by atoms with E-state index in [0.29, 0.717) is 5.13 Å². The number of carboxylic acids is 1. The van der Waals surface area contributed by atoms with E-state index in [1.54, 1.807) is 30.1 Å². The zero-order chi connectivity index (χ0) is 25.1. The maximum absolute atomic E-state index is 15.0. The van der Waals surface area contributed by atoms with Gasteiger partial charge in [0.15, 0.2) is 33.8 Å². The van der Waals surface area contributed by atoms with Gasteiger partial charge >= 0.3 is 5.97 Å². The number of thiazole rings is 1. The molecule has 1 aliphatic rings. The van der Waals surface area contributed by atoms with Crippen molar-refractivity contribution in [3.63, 3.8) is 0 Å². The van der Waals surface area contributed by atoms with Crippen LogP contribution in [0, 0.1) is 12.7 Å². The highest BCUT2D eigenvalue weighted by Gasteiger charge is 2.49. The van der Waals surface area contributed by atoms with Gasteiger partial charge in [-0.3, -0.25) is 18.8 Å². The number of carbonyl (C=O) groups is 2. The van der Waals surface area contributed by atoms with Gasteiger partial charge in [0.2, 0.25) is 5.43 Å². The molecule has 5 rings (SSSR count). The number of carboxylic acid groups (broad SMARTS) is 1. The maximum Gasteiger partial charge on any atom is 0.341 e. The normalized spacial score (nSPS) is 14.7. The Balaban J connectivity index is 1.49. The lowest BCUT2D eigenvalue weighted by Gasteiger charge is -2.45. The van der Waals surface area contributed by atoms with Crippen molar-refractivity contribution >= 4 is 45.9 Å². The molecule has 0 aliphatic carbocycles. The number of aliphatic hydroxyl groups is 1. The Bertz CT molecular complexity index is 1540. The Morgan fingerprint density at radius 1 is 1.29 bits per heavy atom. The average molecular weight is 499 g/mol. The van der Waals surface area contributed by atoms with Crippen LogP contribution < -0.4 is 15.6 Å². The van der Waals surface area contributed by atoms with Crippen LogP contribution in [0.5, 0.6) is 0 Å². The number of pyridine rings is 2. The Morgan fingerprint density at radius 3 is 2.63 bits per heavy atom. The number of carbonyl (C=O) groups excluding carboxylic acids is 1. The van der Waals surface area contributed by atoms with Gasteiger partial charge in [-0.15, -0.1) is 11.3 Å². The lowest BCUT2D eigenvalue weighted by molar-refractivity contribution is -0.136. The van der Waals surface area contributed by atoms with Crippen LogP contribution in [0.1, 0.15) is 16.1 Å². The Kier molecular flexibility index (Phi) is 5.14. The fourth-order valence-electron chi connectivity index (χ4n) is 3.80. The van der Waals surface area contributed by atoms with E-state index in [4.69, 9.17) is 0 Å². The van der Waals surface area contributed by atoms with Crippen molar-refractivity contribution in [2.75, 3.05) is 23.3 Å². The van der Waals surface area contributed by atoms with Crippen molar-refractivity contribution in [1.29, 1.82) is 0 Å². The Hall–Kier alpha value is -4.17. The van der Waals surface area contributed by atoms with Crippen LogP contribution >= 0.6 is 11.3 Å². The van der Waals surface area contributed by atoms with E-state index in [1.165, 1.54) is 27.0 Å². The van der Waals surface area contributed by atoms with Gasteiger partial charge in [-0.2, -0.15) is 5.10 Å². The molecule has 0 unspecified atom stereocenters. The van der Waals surface area contributed by atoms with Crippen LogP contribution in [0.3, 0.4) is 0 Å². The molecule has 0 radical (unpaired) electrons.